The molecule has 0 radical (unpaired) electrons. The predicted octanol–water partition coefficient (Wildman–Crippen LogP) is 4.23. The standard InChI is InChI=1S/C25H28FN3O4/c1-6-8-19(26)12-20(28-24(33)25(3,4)5)13-21-14-22(30)29(16(2)27-21)15-17-9-7-10-18(11-17)23(31)32/h6-14H,15H2,1-5H3,(H,28,33)(H,31,32)/b8-6-,19-12+,20-13-. The first-order valence-electron chi connectivity index (χ1n) is 10.3. The highest BCUT2D eigenvalue weighted by Gasteiger charge is 2.21. The van der Waals surface area contributed by atoms with Crippen LogP contribution in [0.15, 0.2) is 64.9 Å². The molecule has 0 spiro atoms. The molecule has 1 aromatic carbocycles. The van der Waals surface area contributed by atoms with Crippen LogP contribution in [0.3, 0.4) is 0 Å². The van der Waals surface area contributed by atoms with Crippen LogP contribution < -0.4 is 10.9 Å². The molecule has 0 fully saturated rings. The number of aromatic carboxylic acids is 1. The summed E-state index contributed by atoms with van der Waals surface area (Å²) >= 11 is 0. The molecule has 174 valence electrons. The van der Waals surface area contributed by atoms with E-state index >= 15 is 0 Å². The van der Waals surface area contributed by atoms with Gasteiger partial charge < -0.3 is 10.4 Å². The number of aromatic nitrogens is 2. The van der Waals surface area contributed by atoms with Crippen molar-refractivity contribution in [3.05, 3.63) is 93.1 Å². The third-order valence-corrected chi connectivity index (χ3v) is 4.60. The minimum absolute atomic E-state index is 0.125. The van der Waals surface area contributed by atoms with Crippen LogP contribution in [-0.4, -0.2) is 26.5 Å². The molecule has 0 aliphatic rings. The molecule has 0 saturated heterocycles. The Kier molecular flexibility index (Phi) is 8.23. The molecular weight excluding hydrogens is 425 g/mol. The number of rotatable bonds is 7. The Balaban J connectivity index is 2.44. The lowest BCUT2D eigenvalue weighted by Crippen LogP contribution is -2.34. The van der Waals surface area contributed by atoms with Crippen LogP contribution >= 0.6 is 0 Å². The summed E-state index contributed by atoms with van der Waals surface area (Å²) in [4.78, 5) is 40.8. The lowest BCUT2D eigenvalue weighted by molar-refractivity contribution is -0.127. The van der Waals surface area contributed by atoms with Crippen LogP contribution in [-0.2, 0) is 11.3 Å². The SMILES string of the molecule is C\C=C/C(F)=C\C(=C\c1cc(=O)n(Cc2cccc(C(=O)O)c2)c(C)n1)NC(=O)C(C)(C)C. The first kappa shape index (κ1) is 25.5. The molecule has 1 aromatic heterocycles. The van der Waals surface area contributed by atoms with E-state index in [2.05, 4.69) is 10.3 Å². The van der Waals surface area contributed by atoms with Crippen LogP contribution in [0.5, 0.6) is 0 Å². The largest absolute Gasteiger partial charge is 0.478 e. The van der Waals surface area contributed by atoms with Crippen LogP contribution in [0.4, 0.5) is 4.39 Å². The maximum absolute atomic E-state index is 14.1. The van der Waals surface area contributed by atoms with Gasteiger partial charge in [0.25, 0.3) is 5.56 Å². The number of carboxylic acids is 1. The Morgan fingerprint density at radius 1 is 1.24 bits per heavy atom. The van der Waals surface area contributed by atoms with E-state index in [-0.39, 0.29) is 35.0 Å². The number of halogens is 1. The van der Waals surface area contributed by atoms with Gasteiger partial charge in [-0.3, -0.25) is 14.2 Å². The average molecular weight is 454 g/mol. The first-order valence-corrected chi connectivity index (χ1v) is 10.3. The number of hydrogen-bond acceptors (Lipinski definition) is 4. The number of allylic oxidation sites excluding steroid dienone is 4. The molecule has 33 heavy (non-hydrogen) atoms. The topological polar surface area (TPSA) is 101 Å². The molecule has 0 aliphatic heterocycles. The summed E-state index contributed by atoms with van der Waals surface area (Å²) in [6.45, 7) is 8.65. The van der Waals surface area contributed by atoms with Crippen molar-refractivity contribution in [3.8, 4) is 0 Å². The van der Waals surface area contributed by atoms with E-state index in [1.54, 1.807) is 46.8 Å². The third kappa shape index (κ3) is 7.38. The number of nitrogens with one attached hydrogen (secondary N) is 1. The van der Waals surface area contributed by atoms with Crippen LogP contribution in [0.1, 0.15) is 55.1 Å². The number of carbonyl (C=O) groups is 2. The number of carboxylic acid groups (broad SMARTS) is 1. The van der Waals surface area contributed by atoms with Crippen molar-refractivity contribution in [3.63, 3.8) is 0 Å². The molecular formula is C25H28FN3O4. The molecule has 1 amide bonds. The second-order valence-corrected chi connectivity index (χ2v) is 8.49. The number of amides is 1. The second-order valence-electron chi connectivity index (χ2n) is 8.49. The molecule has 2 rings (SSSR count). The van der Waals surface area contributed by atoms with E-state index in [9.17, 15) is 18.8 Å². The van der Waals surface area contributed by atoms with Crippen molar-refractivity contribution in [1.82, 2.24) is 14.9 Å². The van der Waals surface area contributed by atoms with Crippen LogP contribution in [0, 0.1) is 12.3 Å². The van der Waals surface area contributed by atoms with E-state index in [1.165, 1.54) is 41.0 Å². The molecule has 2 aromatic rings. The van der Waals surface area contributed by atoms with Crippen molar-refractivity contribution in [2.45, 2.75) is 41.2 Å². The highest BCUT2D eigenvalue weighted by atomic mass is 19.1. The van der Waals surface area contributed by atoms with Gasteiger partial charge >= 0.3 is 5.97 Å². The number of hydrogen-bond donors (Lipinski definition) is 2. The quantitative estimate of drug-likeness (QED) is 0.611. The van der Waals surface area contributed by atoms with Gasteiger partial charge in [-0.05, 0) is 49.8 Å². The predicted molar refractivity (Wildman–Crippen MR) is 125 cm³/mol. The van der Waals surface area contributed by atoms with E-state index in [1.807, 2.05) is 0 Å². The Morgan fingerprint density at radius 2 is 1.94 bits per heavy atom. The second kappa shape index (κ2) is 10.7. The minimum atomic E-state index is -1.05. The molecule has 8 heteroatoms. The van der Waals surface area contributed by atoms with E-state index in [0.717, 1.165) is 6.08 Å². The Hall–Kier alpha value is -3.81. The van der Waals surface area contributed by atoms with Crippen molar-refractivity contribution < 1.29 is 19.1 Å². The van der Waals surface area contributed by atoms with Crippen LogP contribution in [0.25, 0.3) is 6.08 Å². The van der Waals surface area contributed by atoms with Crippen LogP contribution in [0.2, 0.25) is 0 Å². The number of aryl methyl sites for hydroxylation is 1. The highest BCUT2D eigenvalue weighted by molar-refractivity contribution is 5.87. The highest BCUT2D eigenvalue weighted by Crippen LogP contribution is 2.16. The normalized spacial score (nSPS) is 12.8. The lowest BCUT2D eigenvalue weighted by atomic mass is 9.95. The van der Waals surface area contributed by atoms with Gasteiger partial charge in [-0.2, -0.15) is 0 Å². The van der Waals surface area contributed by atoms with Gasteiger partial charge in [0.15, 0.2) is 0 Å². The van der Waals surface area contributed by atoms with Crippen molar-refractivity contribution >= 4 is 18.0 Å². The van der Waals surface area contributed by atoms with Crippen molar-refractivity contribution in [2.24, 2.45) is 5.41 Å². The maximum Gasteiger partial charge on any atom is 0.335 e. The summed E-state index contributed by atoms with van der Waals surface area (Å²) in [6.07, 6.45) is 5.36. The molecule has 0 bridgehead atoms. The molecule has 2 N–H and O–H groups in total. The van der Waals surface area contributed by atoms with Gasteiger partial charge in [0, 0.05) is 17.2 Å². The lowest BCUT2D eigenvalue weighted by Gasteiger charge is -2.18. The summed E-state index contributed by atoms with van der Waals surface area (Å²) in [5.41, 5.74) is 0.0975. The van der Waals surface area contributed by atoms with Crippen molar-refractivity contribution in [1.29, 1.82) is 0 Å². The summed E-state index contributed by atoms with van der Waals surface area (Å²) < 4.78 is 15.5. The van der Waals surface area contributed by atoms with Gasteiger partial charge in [-0.25, -0.2) is 14.2 Å². The zero-order chi connectivity index (χ0) is 24.8. The van der Waals surface area contributed by atoms with Gasteiger partial charge in [-0.15, -0.1) is 0 Å². The Morgan fingerprint density at radius 3 is 2.52 bits per heavy atom. The number of nitrogens with zero attached hydrogens (tertiary/aromatic N) is 2. The molecule has 0 aliphatic carbocycles. The molecule has 1 heterocycles. The van der Waals surface area contributed by atoms with Gasteiger partial charge in [0.2, 0.25) is 5.91 Å². The van der Waals surface area contributed by atoms with E-state index in [0.29, 0.717) is 11.4 Å². The third-order valence-electron chi connectivity index (χ3n) is 4.60. The fraction of sp³-hybridized carbons (Fsp3) is 0.280. The maximum atomic E-state index is 14.1. The fourth-order valence-corrected chi connectivity index (χ4v) is 2.84. The van der Waals surface area contributed by atoms with Gasteiger partial charge in [-0.1, -0.05) is 39.0 Å². The Bertz CT molecular complexity index is 1200. The van der Waals surface area contributed by atoms with E-state index < -0.39 is 17.2 Å². The monoisotopic (exact) mass is 453 g/mol. The molecule has 0 atom stereocenters. The zero-order valence-electron chi connectivity index (χ0n) is 19.3. The number of carbonyl (C=O) groups excluding carboxylic acids is 1. The number of benzene rings is 1. The van der Waals surface area contributed by atoms with Crippen molar-refractivity contribution in [2.75, 3.05) is 0 Å². The minimum Gasteiger partial charge on any atom is -0.478 e. The smallest absolute Gasteiger partial charge is 0.335 e. The summed E-state index contributed by atoms with van der Waals surface area (Å²) in [5, 5.41) is 11.8. The fourth-order valence-electron chi connectivity index (χ4n) is 2.84. The van der Waals surface area contributed by atoms with Gasteiger partial charge in [0.05, 0.1) is 17.8 Å². The Labute approximate surface area is 192 Å². The molecule has 0 saturated carbocycles. The summed E-state index contributed by atoms with van der Waals surface area (Å²) in [7, 11) is 0. The summed E-state index contributed by atoms with van der Waals surface area (Å²) in [5.74, 6) is -1.56. The summed E-state index contributed by atoms with van der Waals surface area (Å²) in [6, 6.07) is 7.58. The zero-order valence-corrected chi connectivity index (χ0v) is 19.3. The molecule has 0 unspecified atom stereocenters. The van der Waals surface area contributed by atoms with E-state index in [4.69, 9.17) is 5.11 Å². The average Bonchev–Trinajstić information content (AvgIpc) is 2.70. The first-order chi connectivity index (χ1) is 15.4. The molecule has 7 nitrogen and oxygen atoms in total. The van der Waals surface area contributed by atoms with Gasteiger partial charge in [0.1, 0.15) is 11.7 Å².